The van der Waals surface area contributed by atoms with Crippen molar-refractivity contribution < 1.29 is 19.4 Å². The summed E-state index contributed by atoms with van der Waals surface area (Å²) in [5.41, 5.74) is 0. The van der Waals surface area contributed by atoms with Crippen LogP contribution in [0.1, 0.15) is 6.42 Å². The smallest absolute Gasteiger partial charge is 0.306 e. The Morgan fingerprint density at radius 3 is 2.39 bits per heavy atom. The SMILES string of the molecule is COCC(O)CN1CCN(CCC(=O)OC)CC1. The van der Waals surface area contributed by atoms with Gasteiger partial charge in [-0.25, -0.2) is 0 Å². The van der Waals surface area contributed by atoms with E-state index in [0.29, 0.717) is 19.6 Å². The van der Waals surface area contributed by atoms with E-state index in [1.165, 1.54) is 7.11 Å². The topological polar surface area (TPSA) is 62.2 Å². The van der Waals surface area contributed by atoms with Crippen LogP contribution in [0.5, 0.6) is 0 Å². The highest BCUT2D eigenvalue weighted by molar-refractivity contribution is 5.69. The summed E-state index contributed by atoms with van der Waals surface area (Å²) in [6.45, 7) is 5.47. The molecule has 1 unspecified atom stereocenters. The third kappa shape index (κ3) is 5.77. The van der Waals surface area contributed by atoms with Gasteiger partial charge in [0.2, 0.25) is 0 Å². The number of carbonyl (C=O) groups is 1. The summed E-state index contributed by atoms with van der Waals surface area (Å²) < 4.78 is 9.52. The van der Waals surface area contributed by atoms with E-state index in [-0.39, 0.29) is 5.97 Å². The van der Waals surface area contributed by atoms with Gasteiger partial charge in [-0.1, -0.05) is 0 Å². The van der Waals surface area contributed by atoms with Crippen molar-refractivity contribution in [2.75, 3.05) is 60.1 Å². The highest BCUT2D eigenvalue weighted by atomic mass is 16.5. The maximum Gasteiger partial charge on any atom is 0.306 e. The van der Waals surface area contributed by atoms with Crippen LogP contribution in [0.15, 0.2) is 0 Å². The van der Waals surface area contributed by atoms with Crippen LogP contribution >= 0.6 is 0 Å². The summed E-state index contributed by atoms with van der Waals surface area (Å²) in [5.74, 6) is -0.159. The molecule has 1 fully saturated rings. The van der Waals surface area contributed by atoms with Crippen molar-refractivity contribution in [3.63, 3.8) is 0 Å². The zero-order valence-corrected chi connectivity index (χ0v) is 11.3. The molecule has 0 aromatic carbocycles. The summed E-state index contributed by atoms with van der Waals surface area (Å²) in [7, 11) is 3.01. The fourth-order valence-corrected chi connectivity index (χ4v) is 2.09. The molecule has 6 nitrogen and oxygen atoms in total. The van der Waals surface area contributed by atoms with Crippen molar-refractivity contribution in [1.29, 1.82) is 0 Å². The average molecular weight is 260 g/mol. The Balaban J connectivity index is 2.14. The van der Waals surface area contributed by atoms with Crippen molar-refractivity contribution in [1.82, 2.24) is 9.80 Å². The first kappa shape index (κ1) is 15.4. The first-order chi connectivity index (χ1) is 8.65. The van der Waals surface area contributed by atoms with Crippen LogP contribution in [-0.2, 0) is 14.3 Å². The lowest BCUT2D eigenvalue weighted by Crippen LogP contribution is -2.49. The Labute approximate surface area is 108 Å². The first-order valence-corrected chi connectivity index (χ1v) is 6.34. The quantitative estimate of drug-likeness (QED) is 0.603. The molecule has 0 aromatic rings. The number of β-amino-alcohol motifs (C(OH)–C–C–N with tert-alkyl or cyclic N) is 1. The molecule has 0 radical (unpaired) electrons. The third-order valence-electron chi connectivity index (χ3n) is 3.15. The number of methoxy groups -OCH3 is 2. The molecule has 0 aromatic heterocycles. The molecular formula is C12H24N2O4. The number of hydrogen-bond acceptors (Lipinski definition) is 6. The summed E-state index contributed by atoms with van der Waals surface area (Å²) in [5, 5.41) is 9.63. The molecule has 0 aliphatic carbocycles. The molecule has 1 aliphatic heterocycles. The molecule has 0 bridgehead atoms. The molecule has 106 valence electrons. The number of esters is 1. The molecule has 18 heavy (non-hydrogen) atoms. The van der Waals surface area contributed by atoms with E-state index in [4.69, 9.17) is 4.74 Å². The maximum absolute atomic E-state index is 11.0. The normalized spacial score (nSPS) is 19.7. The first-order valence-electron chi connectivity index (χ1n) is 6.34. The number of rotatable bonds is 7. The van der Waals surface area contributed by atoms with Crippen LogP contribution < -0.4 is 0 Å². The van der Waals surface area contributed by atoms with E-state index in [0.717, 1.165) is 32.7 Å². The minimum atomic E-state index is -0.420. The van der Waals surface area contributed by atoms with Crippen LogP contribution in [-0.4, -0.2) is 87.1 Å². The highest BCUT2D eigenvalue weighted by Gasteiger charge is 2.19. The van der Waals surface area contributed by atoms with E-state index < -0.39 is 6.10 Å². The highest BCUT2D eigenvalue weighted by Crippen LogP contribution is 2.04. The second kappa shape index (κ2) is 8.42. The van der Waals surface area contributed by atoms with Crippen molar-refractivity contribution in [2.45, 2.75) is 12.5 Å². The van der Waals surface area contributed by atoms with Gasteiger partial charge in [0.25, 0.3) is 0 Å². The molecule has 1 heterocycles. The molecule has 6 heteroatoms. The number of carbonyl (C=O) groups excluding carboxylic acids is 1. The molecule has 1 N–H and O–H groups in total. The van der Waals surface area contributed by atoms with Gasteiger partial charge in [0, 0.05) is 46.4 Å². The number of ether oxygens (including phenoxy) is 2. The number of piperazine rings is 1. The lowest BCUT2D eigenvalue weighted by Gasteiger charge is -2.35. The number of hydrogen-bond donors (Lipinski definition) is 1. The Bertz CT molecular complexity index is 242. The van der Waals surface area contributed by atoms with Crippen LogP contribution in [0.2, 0.25) is 0 Å². The summed E-state index contributed by atoms with van der Waals surface area (Å²) in [6.07, 6.45) is 0.0274. The van der Waals surface area contributed by atoms with Gasteiger partial charge in [-0.2, -0.15) is 0 Å². The lowest BCUT2D eigenvalue weighted by atomic mass is 10.2. The van der Waals surface area contributed by atoms with E-state index in [1.54, 1.807) is 7.11 Å². The Morgan fingerprint density at radius 1 is 1.22 bits per heavy atom. The number of aliphatic hydroxyl groups excluding tert-OH is 1. The van der Waals surface area contributed by atoms with Crippen LogP contribution in [0.25, 0.3) is 0 Å². The van der Waals surface area contributed by atoms with E-state index in [9.17, 15) is 9.90 Å². The average Bonchev–Trinajstić information content (AvgIpc) is 2.37. The predicted octanol–water partition coefficient (Wildman–Crippen LogP) is -0.826. The van der Waals surface area contributed by atoms with Crippen molar-refractivity contribution >= 4 is 5.97 Å². The van der Waals surface area contributed by atoms with E-state index >= 15 is 0 Å². The minimum Gasteiger partial charge on any atom is -0.469 e. The largest absolute Gasteiger partial charge is 0.469 e. The zero-order chi connectivity index (χ0) is 13.4. The maximum atomic E-state index is 11.0. The van der Waals surface area contributed by atoms with Crippen LogP contribution in [0.3, 0.4) is 0 Å². The fraction of sp³-hybridized carbons (Fsp3) is 0.917. The zero-order valence-electron chi connectivity index (χ0n) is 11.3. The Hall–Kier alpha value is -0.690. The monoisotopic (exact) mass is 260 g/mol. The molecule has 0 amide bonds. The van der Waals surface area contributed by atoms with Crippen molar-refractivity contribution in [3.05, 3.63) is 0 Å². The minimum absolute atomic E-state index is 0.159. The van der Waals surface area contributed by atoms with Gasteiger partial charge in [0.1, 0.15) is 0 Å². The summed E-state index contributed by atoms with van der Waals surface area (Å²) in [6, 6.07) is 0. The van der Waals surface area contributed by atoms with Gasteiger partial charge in [-0.3, -0.25) is 9.69 Å². The van der Waals surface area contributed by atoms with Crippen molar-refractivity contribution in [3.8, 4) is 0 Å². The number of aliphatic hydroxyl groups is 1. The Morgan fingerprint density at radius 2 is 1.83 bits per heavy atom. The predicted molar refractivity (Wildman–Crippen MR) is 67.4 cm³/mol. The van der Waals surface area contributed by atoms with Crippen molar-refractivity contribution in [2.24, 2.45) is 0 Å². The molecule has 1 rings (SSSR count). The lowest BCUT2D eigenvalue weighted by molar-refractivity contribution is -0.141. The van der Waals surface area contributed by atoms with Gasteiger partial charge < -0.3 is 19.5 Å². The molecule has 1 saturated heterocycles. The summed E-state index contributed by atoms with van der Waals surface area (Å²) in [4.78, 5) is 15.5. The van der Waals surface area contributed by atoms with Crippen LogP contribution in [0.4, 0.5) is 0 Å². The van der Waals surface area contributed by atoms with E-state index in [1.807, 2.05) is 0 Å². The second-order valence-electron chi connectivity index (χ2n) is 4.58. The molecular weight excluding hydrogens is 236 g/mol. The van der Waals surface area contributed by atoms with Gasteiger partial charge in [-0.05, 0) is 0 Å². The van der Waals surface area contributed by atoms with Crippen LogP contribution in [0, 0.1) is 0 Å². The second-order valence-corrected chi connectivity index (χ2v) is 4.58. The third-order valence-corrected chi connectivity index (χ3v) is 3.15. The molecule has 0 saturated carbocycles. The van der Waals surface area contributed by atoms with Gasteiger partial charge >= 0.3 is 5.97 Å². The van der Waals surface area contributed by atoms with Gasteiger partial charge in [0.05, 0.1) is 26.2 Å². The summed E-state index contributed by atoms with van der Waals surface area (Å²) >= 11 is 0. The molecule has 0 spiro atoms. The molecule has 1 atom stereocenters. The van der Waals surface area contributed by atoms with Gasteiger partial charge in [0.15, 0.2) is 0 Å². The number of nitrogens with zero attached hydrogens (tertiary/aromatic N) is 2. The fourth-order valence-electron chi connectivity index (χ4n) is 2.09. The molecule has 1 aliphatic rings. The standard InChI is InChI=1S/C12H24N2O4/c1-17-10-11(15)9-14-7-5-13(6-8-14)4-3-12(16)18-2/h11,15H,3-10H2,1-2H3. The van der Waals surface area contributed by atoms with E-state index in [2.05, 4.69) is 14.5 Å². The Kier molecular flexibility index (Phi) is 7.19. The van der Waals surface area contributed by atoms with Gasteiger partial charge in [-0.15, -0.1) is 0 Å².